The van der Waals surface area contributed by atoms with E-state index in [0.29, 0.717) is 16.7 Å². The Bertz CT molecular complexity index is 1140. The molecule has 0 aliphatic carbocycles. The van der Waals surface area contributed by atoms with Crippen LogP contribution in [0, 0.1) is 6.92 Å². The van der Waals surface area contributed by atoms with E-state index in [1.807, 2.05) is 67.6 Å². The van der Waals surface area contributed by atoms with Crippen molar-refractivity contribution in [2.75, 3.05) is 19.5 Å². The number of tetrazole rings is 1. The van der Waals surface area contributed by atoms with E-state index < -0.39 is 6.10 Å². The maximum absolute atomic E-state index is 10.4. The molecule has 4 rings (SSSR count). The highest BCUT2D eigenvalue weighted by molar-refractivity contribution is 7.99. The first kappa shape index (κ1) is 20.2. The molecule has 7 nitrogen and oxygen atoms in total. The van der Waals surface area contributed by atoms with Crippen LogP contribution in [0.5, 0.6) is 11.5 Å². The van der Waals surface area contributed by atoms with Crippen molar-refractivity contribution >= 4 is 22.5 Å². The van der Waals surface area contributed by atoms with Crippen LogP contribution in [0.3, 0.4) is 0 Å². The molecule has 0 spiro atoms. The molecule has 0 fully saturated rings. The van der Waals surface area contributed by atoms with E-state index in [4.69, 9.17) is 9.47 Å². The number of aromatic nitrogens is 4. The fraction of sp³-hybridized carbons (Fsp3) is 0.227. The molecule has 0 amide bonds. The summed E-state index contributed by atoms with van der Waals surface area (Å²) in [6, 6.07) is 19.7. The zero-order valence-electron chi connectivity index (χ0n) is 16.7. The van der Waals surface area contributed by atoms with Gasteiger partial charge in [-0.3, -0.25) is 0 Å². The number of nitrogens with zero attached hydrogens (tertiary/aromatic N) is 4. The lowest BCUT2D eigenvalue weighted by atomic mass is 10.1. The summed E-state index contributed by atoms with van der Waals surface area (Å²) in [5, 5.41) is 25.1. The number of rotatable bonds is 8. The van der Waals surface area contributed by atoms with Gasteiger partial charge in [-0.05, 0) is 46.5 Å². The van der Waals surface area contributed by atoms with Gasteiger partial charge in [-0.25, -0.2) is 0 Å². The maximum Gasteiger partial charge on any atom is 0.214 e. The number of ether oxygens (including phenoxy) is 2. The molecule has 0 saturated carbocycles. The Kier molecular flexibility index (Phi) is 6.15. The number of aliphatic hydroxyl groups is 1. The van der Waals surface area contributed by atoms with Crippen LogP contribution in [0.15, 0.2) is 65.8 Å². The highest BCUT2D eigenvalue weighted by atomic mass is 32.2. The summed E-state index contributed by atoms with van der Waals surface area (Å²) in [7, 11) is 1.61. The van der Waals surface area contributed by atoms with Crippen LogP contribution in [-0.4, -0.2) is 50.9 Å². The van der Waals surface area contributed by atoms with Gasteiger partial charge in [-0.2, -0.15) is 4.68 Å². The molecule has 3 aromatic carbocycles. The number of thioether (sulfide) groups is 1. The van der Waals surface area contributed by atoms with E-state index in [2.05, 4.69) is 15.5 Å². The largest absolute Gasteiger partial charge is 0.494 e. The first-order valence-electron chi connectivity index (χ1n) is 9.50. The van der Waals surface area contributed by atoms with Crippen molar-refractivity contribution < 1.29 is 14.6 Å². The number of benzene rings is 3. The smallest absolute Gasteiger partial charge is 0.214 e. The summed E-state index contributed by atoms with van der Waals surface area (Å²) >= 11 is 1.36. The van der Waals surface area contributed by atoms with Crippen molar-refractivity contribution in [3.63, 3.8) is 0 Å². The van der Waals surface area contributed by atoms with E-state index in [-0.39, 0.29) is 6.61 Å². The van der Waals surface area contributed by atoms with Gasteiger partial charge in [0.1, 0.15) is 23.8 Å². The normalized spacial score (nSPS) is 12.1. The van der Waals surface area contributed by atoms with Gasteiger partial charge < -0.3 is 14.6 Å². The zero-order valence-corrected chi connectivity index (χ0v) is 17.5. The predicted octanol–water partition coefficient (Wildman–Crippen LogP) is 3.66. The van der Waals surface area contributed by atoms with Gasteiger partial charge in [-0.15, -0.1) is 5.10 Å². The van der Waals surface area contributed by atoms with Gasteiger partial charge in [0.05, 0.1) is 13.2 Å². The third kappa shape index (κ3) is 4.39. The molecule has 4 aromatic rings. The molecule has 8 heteroatoms. The SMILES string of the molecule is COc1ccc(C)cc1-n1nnnc1SCC(O)COc1cccc2ccccc12. The monoisotopic (exact) mass is 422 g/mol. The van der Waals surface area contributed by atoms with Crippen LogP contribution in [0.2, 0.25) is 0 Å². The molecule has 154 valence electrons. The van der Waals surface area contributed by atoms with Gasteiger partial charge in [0.2, 0.25) is 5.16 Å². The molecule has 0 radical (unpaired) electrons. The second kappa shape index (κ2) is 9.15. The first-order chi connectivity index (χ1) is 14.7. The minimum Gasteiger partial charge on any atom is -0.494 e. The predicted molar refractivity (Wildman–Crippen MR) is 117 cm³/mol. The molecular formula is C22H22N4O3S. The Balaban J connectivity index is 1.41. The Morgan fingerprint density at radius 1 is 1.07 bits per heavy atom. The fourth-order valence-electron chi connectivity index (χ4n) is 3.11. The number of hydrogen-bond acceptors (Lipinski definition) is 7. The minimum atomic E-state index is -0.682. The van der Waals surface area contributed by atoms with Gasteiger partial charge in [0.15, 0.2) is 0 Å². The van der Waals surface area contributed by atoms with Crippen LogP contribution < -0.4 is 9.47 Å². The second-order valence-electron chi connectivity index (χ2n) is 6.80. The van der Waals surface area contributed by atoms with Crippen molar-refractivity contribution in [3.05, 3.63) is 66.2 Å². The van der Waals surface area contributed by atoms with Crippen molar-refractivity contribution in [2.45, 2.75) is 18.2 Å². The van der Waals surface area contributed by atoms with Gasteiger partial charge in [-0.1, -0.05) is 54.2 Å². The molecule has 1 atom stereocenters. The molecule has 0 aliphatic rings. The highest BCUT2D eigenvalue weighted by Crippen LogP contribution is 2.28. The van der Waals surface area contributed by atoms with Gasteiger partial charge >= 0.3 is 0 Å². The van der Waals surface area contributed by atoms with E-state index >= 15 is 0 Å². The number of aryl methyl sites for hydroxylation is 1. The third-order valence-electron chi connectivity index (χ3n) is 4.59. The van der Waals surface area contributed by atoms with E-state index in [0.717, 1.165) is 27.8 Å². The Morgan fingerprint density at radius 2 is 1.90 bits per heavy atom. The lowest BCUT2D eigenvalue weighted by Gasteiger charge is -2.14. The number of methoxy groups -OCH3 is 1. The van der Waals surface area contributed by atoms with Crippen molar-refractivity contribution in [1.29, 1.82) is 0 Å². The summed E-state index contributed by atoms with van der Waals surface area (Å²) in [6.07, 6.45) is -0.682. The maximum atomic E-state index is 10.4. The Labute approximate surface area is 178 Å². The Morgan fingerprint density at radius 3 is 2.77 bits per heavy atom. The number of aliphatic hydroxyl groups excluding tert-OH is 1. The molecule has 0 aliphatic heterocycles. The average molecular weight is 423 g/mol. The molecule has 0 bridgehead atoms. The summed E-state index contributed by atoms with van der Waals surface area (Å²) < 4.78 is 12.9. The molecule has 0 saturated heterocycles. The summed E-state index contributed by atoms with van der Waals surface area (Å²) in [5.41, 5.74) is 1.83. The van der Waals surface area contributed by atoms with Crippen molar-refractivity contribution in [3.8, 4) is 17.2 Å². The van der Waals surface area contributed by atoms with Gasteiger partial charge in [0, 0.05) is 11.1 Å². The average Bonchev–Trinajstić information content (AvgIpc) is 3.24. The van der Waals surface area contributed by atoms with E-state index in [9.17, 15) is 5.11 Å². The molecule has 1 N–H and O–H groups in total. The minimum absolute atomic E-state index is 0.177. The highest BCUT2D eigenvalue weighted by Gasteiger charge is 2.16. The topological polar surface area (TPSA) is 82.3 Å². The van der Waals surface area contributed by atoms with Gasteiger partial charge in [0.25, 0.3) is 0 Å². The van der Waals surface area contributed by atoms with Crippen molar-refractivity contribution in [1.82, 2.24) is 20.2 Å². The Hall–Kier alpha value is -3.10. The van der Waals surface area contributed by atoms with E-state index in [1.165, 1.54) is 11.8 Å². The third-order valence-corrected chi connectivity index (χ3v) is 5.65. The van der Waals surface area contributed by atoms with Crippen LogP contribution >= 0.6 is 11.8 Å². The standard InChI is InChI=1S/C22H22N4O3S/c1-15-10-11-21(28-2)19(12-15)26-22(23-24-25-26)30-14-17(27)13-29-20-9-5-7-16-6-3-4-8-18(16)20/h3-12,17,27H,13-14H2,1-2H3. The summed E-state index contributed by atoms with van der Waals surface area (Å²) in [4.78, 5) is 0. The van der Waals surface area contributed by atoms with Crippen LogP contribution in [0.1, 0.15) is 5.56 Å². The first-order valence-corrected chi connectivity index (χ1v) is 10.5. The molecule has 30 heavy (non-hydrogen) atoms. The summed E-state index contributed by atoms with van der Waals surface area (Å²) in [6.45, 7) is 2.17. The fourth-order valence-corrected chi connectivity index (χ4v) is 3.90. The van der Waals surface area contributed by atoms with Crippen LogP contribution in [0.25, 0.3) is 16.5 Å². The lowest BCUT2D eigenvalue weighted by Crippen LogP contribution is -2.20. The second-order valence-corrected chi connectivity index (χ2v) is 7.79. The molecule has 1 unspecified atom stereocenters. The number of hydrogen-bond donors (Lipinski definition) is 1. The van der Waals surface area contributed by atoms with Crippen LogP contribution in [-0.2, 0) is 0 Å². The summed E-state index contributed by atoms with van der Waals surface area (Å²) in [5.74, 6) is 1.82. The zero-order chi connectivity index (χ0) is 20.9. The molecule has 1 aromatic heterocycles. The van der Waals surface area contributed by atoms with E-state index in [1.54, 1.807) is 11.8 Å². The molecule has 1 heterocycles. The lowest BCUT2D eigenvalue weighted by molar-refractivity contribution is 0.127. The van der Waals surface area contributed by atoms with Crippen molar-refractivity contribution in [2.24, 2.45) is 0 Å². The van der Waals surface area contributed by atoms with Crippen LogP contribution in [0.4, 0.5) is 0 Å². The number of fused-ring (bicyclic) bond motifs is 1. The molecular weight excluding hydrogens is 400 g/mol. The quantitative estimate of drug-likeness (QED) is 0.434.